The molecule has 0 amide bonds. The fraction of sp³-hybridized carbons (Fsp3) is 0.312. The van der Waals surface area contributed by atoms with Crippen LogP contribution in [0.2, 0.25) is 0 Å². The topological polar surface area (TPSA) is 42.1 Å². The van der Waals surface area contributed by atoms with E-state index in [1.807, 2.05) is 12.4 Å². The Morgan fingerprint density at radius 3 is 2.67 bits per heavy atom. The minimum atomic E-state index is 0. The van der Waals surface area contributed by atoms with Gasteiger partial charge >= 0.3 is 0 Å². The minimum Gasteiger partial charge on any atom is -0.326 e. The zero-order chi connectivity index (χ0) is 13.9. The second-order valence-electron chi connectivity index (χ2n) is 5.39. The molecule has 1 aromatic heterocycles. The van der Waals surface area contributed by atoms with E-state index in [-0.39, 0.29) is 18.4 Å². The van der Waals surface area contributed by atoms with Crippen LogP contribution in [0, 0.1) is 0 Å². The van der Waals surface area contributed by atoms with E-state index in [0.717, 1.165) is 24.1 Å². The molecule has 0 aliphatic carbocycles. The van der Waals surface area contributed by atoms with Crippen molar-refractivity contribution in [1.29, 1.82) is 0 Å². The molecule has 2 atom stereocenters. The molecule has 3 rings (SSSR count). The Kier molecular flexibility index (Phi) is 5.76. The van der Waals surface area contributed by atoms with E-state index in [9.17, 15) is 0 Å². The standard InChI is InChI=1S/C16H18BrN3.ClH/c17-14-6-12(7-19-8-14)9-20-10-15(16(18)11-20)13-4-2-1-3-5-13;/h1-8,15-16H,9-11,18H2;1H/t15-,16+;/m0./s1. The number of benzene rings is 1. The Morgan fingerprint density at radius 2 is 1.95 bits per heavy atom. The molecule has 1 aliphatic heterocycles. The van der Waals surface area contributed by atoms with Crippen LogP contribution in [0.25, 0.3) is 0 Å². The maximum Gasteiger partial charge on any atom is 0.0410 e. The number of hydrogen-bond acceptors (Lipinski definition) is 3. The van der Waals surface area contributed by atoms with Crippen LogP contribution in [0.3, 0.4) is 0 Å². The molecule has 0 bridgehead atoms. The summed E-state index contributed by atoms with van der Waals surface area (Å²) in [7, 11) is 0. The molecule has 112 valence electrons. The first-order chi connectivity index (χ1) is 9.72. The molecule has 0 unspecified atom stereocenters. The van der Waals surface area contributed by atoms with Gasteiger partial charge in [-0.25, -0.2) is 0 Å². The Balaban J connectivity index is 0.00000161. The number of nitrogens with two attached hydrogens (primary N) is 1. The first kappa shape index (κ1) is 16.4. The average Bonchev–Trinajstić information content (AvgIpc) is 2.80. The van der Waals surface area contributed by atoms with Gasteiger partial charge in [-0.1, -0.05) is 30.3 Å². The molecule has 0 radical (unpaired) electrons. The third kappa shape index (κ3) is 4.04. The Bertz CT molecular complexity index is 579. The van der Waals surface area contributed by atoms with Gasteiger partial charge in [-0.2, -0.15) is 0 Å². The van der Waals surface area contributed by atoms with E-state index < -0.39 is 0 Å². The lowest BCUT2D eigenvalue weighted by Crippen LogP contribution is -2.28. The molecule has 5 heteroatoms. The molecule has 1 fully saturated rings. The van der Waals surface area contributed by atoms with Crippen molar-refractivity contribution >= 4 is 28.3 Å². The van der Waals surface area contributed by atoms with E-state index in [1.165, 1.54) is 11.1 Å². The summed E-state index contributed by atoms with van der Waals surface area (Å²) in [5.74, 6) is 0.427. The van der Waals surface area contributed by atoms with Crippen LogP contribution in [-0.4, -0.2) is 29.0 Å². The SMILES string of the molecule is Cl.N[C@@H]1CN(Cc2cncc(Br)c2)C[C@H]1c1ccccc1. The molecule has 2 aromatic rings. The van der Waals surface area contributed by atoms with E-state index in [4.69, 9.17) is 5.73 Å². The summed E-state index contributed by atoms with van der Waals surface area (Å²) >= 11 is 3.47. The smallest absolute Gasteiger partial charge is 0.0410 e. The number of halogens is 2. The molecule has 2 heterocycles. The van der Waals surface area contributed by atoms with Crippen LogP contribution in [-0.2, 0) is 6.54 Å². The van der Waals surface area contributed by atoms with E-state index in [0.29, 0.717) is 5.92 Å². The van der Waals surface area contributed by atoms with Gasteiger partial charge in [-0.15, -0.1) is 12.4 Å². The predicted molar refractivity (Wildman–Crippen MR) is 91.6 cm³/mol. The quantitative estimate of drug-likeness (QED) is 0.904. The number of aromatic nitrogens is 1. The van der Waals surface area contributed by atoms with Crippen molar-refractivity contribution in [2.24, 2.45) is 5.73 Å². The lowest BCUT2D eigenvalue weighted by Gasteiger charge is -2.16. The summed E-state index contributed by atoms with van der Waals surface area (Å²) in [5.41, 5.74) is 8.88. The van der Waals surface area contributed by atoms with Gasteiger partial charge in [-0.3, -0.25) is 9.88 Å². The highest BCUT2D eigenvalue weighted by Gasteiger charge is 2.30. The lowest BCUT2D eigenvalue weighted by atomic mass is 9.95. The minimum absolute atomic E-state index is 0. The van der Waals surface area contributed by atoms with Gasteiger partial charge in [0.15, 0.2) is 0 Å². The highest BCUT2D eigenvalue weighted by molar-refractivity contribution is 9.10. The molecule has 21 heavy (non-hydrogen) atoms. The molecular weight excluding hydrogens is 350 g/mol. The van der Waals surface area contributed by atoms with Gasteiger partial charge in [0.05, 0.1) is 0 Å². The maximum absolute atomic E-state index is 6.32. The van der Waals surface area contributed by atoms with Crippen LogP contribution in [0.15, 0.2) is 53.3 Å². The number of hydrogen-bond donors (Lipinski definition) is 1. The van der Waals surface area contributed by atoms with Crippen molar-refractivity contribution in [2.45, 2.75) is 18.5 Å². The second kappa shape index (κ2) is 7.36. The molecule has 0 saturated carbocycles. The number of nitrogens with zero attached hydrogens (tertiary/aromatic N) is 2. The van der Waals surface area contributed by atoms with Crippen molar-refractivity contribution in [3.05, 3.63) is 64.4 Å². The average molecular weight is 369 g/mol. The van der Waals surface area contributed by atoms with Gasteiger partial charge in [0.1, 0.15) is 0 Å². The highest BCUT2D eigenvalue weighted by Crippen LogP contribution is 2.27. The van der Waals surface area contributed by atoms with Gasteiger partial charge < -0.3 is 5.73 Å². The zero-order valence-corrected chi connectivity index (χ0v) is 14.1. The van der Waals surface area contributed by atoms with Crippen molar-refractivity contribution in [3.63, 3.8) is 0 Å². The van der Waals surface area contributed by atoms with Gasteiger partial charge in [0, 0.05) is 48.5 Å². The molecule has 1 aliphatic rings. The third-order valence-electron chi connectivity index (χ3n) is 3.84. The van der Waals surface area contributed by atoms with Crippen molar-refractivity contribution < 1.29 is 0 Å². The summed E-state index contributed by atoms with van der Waals surface area (Å²) in [6.07, 6.45) is 3.73. The van der Waals surface area contributed by atoms with Gasteiger partial charge in [0.25, 0.3) is 0 Å². The van der Waals surface area contributed by atoms with Crippen LogP contribution in [0.4, 0.5) is 0 Å². The Morgan fingerprint density at radius 1 is 1.19 bits per heavy atom. The molecule has 1 saturated heterocycles. The zero-order valence-electron chi connectivity index (χ0n) is 11.7. The van der Waals surface area contributed by atoms with E-state index in [2.05, 4.69) is 62.2 Å². The van der Waals surface area contributed by atoms with Crippen LogP contribution in [0.1, 0.15) is 17.0 Å². The number of rotatable bonds is 3. The molecule has 1 aromatic carbocycles. The Hall–Kier alpha value is -0.940. The van der Waals surface area contributed by atoms with Gasteiger partial charge in [0.2, 0.25) is 0 Å². The first-order valence-electron chi connectivity index (χ1n) is 6.84. The molecule has 0 spiro atoms. The summed E-state index contributed by atoms with van der Waals surface area (Å²) in [6, 6.07) is 12.9. The maximum atomic E-state index is 6.32. The summed E-state index contributed by atoms with van der Waals surface area (Å²) in [6.45, 7) is 2.85. The van der Waals surface area contributed by atoms with Crippen LogP contribution >= 0.6 is 28.3 Å². The Labute approximate surface area is 140 Å². The van der Waals surface area contributed by atoms with Crippen molar-refractivity contribution in [3.8, 4) is 0 Å². The normalized spacial score (nSPS) is 22.0. The lowest BCUT2D eigenvalue weighted by molar-refractivity contribution is 0.323. The van der Waals surface area contributed by atoms with Crippen molar-refractivity contribution in [2.75, 3.05) is 13.1 Å². The van der Waals surface area contributed by atoms with Crippen LogP contribution in [0.5, 0.6) is 0 Å². The third-order valence-corrected chi connectivity index (χ3v) is 4.27. The van der Waals surface area contributed by atoms with Gasteiger partial charge in [-0.05, 0) is 33.1 Å². The van der Waals surface area contributed by atoms with E-state index >= 15 is 0 Å². The number of pyridine rings is 1. The van der Waals surface area contributed by atoms with Crippen molar-refractivity contribution in [1.82, 2.24) is 9.88 Å². The summed E-state index contributed by atoms with van der Waals surface area (Å²) in [5, 5.41) is 0. The second-order valence-corrected chi connectivity index (χ2v) is 6.30. The fourth-order valence-electron chi connectivity index (χ4n) is 2.90. The summed E-state index contributed by atoms with van der Waals surface area (Å²) in [4.78, 5) is 6.63. The number of likely N-dealkylation sites (tertiary alicyclic amines) is 1. The highest BCUT2D eigenvalue weighted by atomic mass is 79.9. The fourth-order valence-corrected chi connectivity index (χ4v) is 3.31. The largest absolute Gasteiger partial charge is 0.326 e. The van der Waals surface area contributed by atoms with E-state index in [1.54, 1.807) is 0 Å². The molecule has 2 N–H and O–H groups in total. The monoisotopic (exact) mass is 367 g/mol. The molecular formula is C16H19BrClN3. The molecule has 3 nitrogen and oxygen atoms in total. The summed E-state index contributed by atoms with van der Waals surface area (Å²) < 4.78 is 1.03. The van der Waals surface area contributed by atoms with Crippen LogP contribution < -0.4 is 5.73 Å². The first-order valence-corrected chi connectivity index (χ1v) is 7.64. The predicted octanol–water partition coefficient (Wildman–Crippen LogP) is 3.19.